The highest BCUT2D eigenvalue weighted by molar-refractivity contribution is 9.10. The van der Waals surface area contributed by atoms with Crippen LogP contribution in [0.5, 0.6) is 0 Å². The molecule has 0 saturated heterocycles. The number of aryl methyl sites for hydroxylation is 2. The average molecular weight is 342 g/mol. The molecule has 0 saturated carbocycles. The topological polar surface area (TPSA) is 29.9 Å². The molecular weight excluding hydrogens is 326 g/mol. The van der Waals surface area contributed by atoms with Gasteiger partial charge in [0.15, 0.2) is 0 Å². The molecule has 0 amide bonds. The lowest BCUT2D eigenvalue weighted by atomic mass is 10.2. The minimum absolute atomic E-state index is 0.810. The molecule has 1 aromatic heterocycles. The van der Waals surface area contributed by atoms with E-state index in [0.717, 1.165) is 27.5 Å². The Labute approximate surface area is 132 Å². The molecule has 0 unspecified atom stereocenters. The molecule has 4 heteroatoms. The Kier molecular flexibility index (Phi) is 3.80. The number of nitrogens with one attached hydrogen (secondary N) is 1. The number of anilines is 2. The van der Waals surface area contributed by atoms with Crippen LogP contribution in [0.1, 0.15) is 11.3 Å². The fraction of sp³-hybridized carbons (Fsp3) is 0.118. The van der Waals surface area contributed by atoms with Crippen LogP contribution < -0.4 is 5.32 Å². The molecule has 0 aliphatic heterocycles. The second kappa shape index (κ2) is 5.74. The SMILES string of the molecule is Cc1cn(-c2cccc(C)c2Br)c(Nc2ccccc2)n1. The predicted octanol–water partition coefficient (Wildman–Crippen LogP) is 5.00. The lowest BCUT2D eigenvalue weighted by Crippen LogP contribution is -2.02. The lowest BCUT2D eigenvalue weighted by molar-refractivity contribution is 1.05. The standard InChI is InChI=1S/C17H16BrN3/c1-12-7-6-10-15(16(12)18)21-11-13(2)19-17(21)20-14-8-4-3-5-9-14/h3-11H,1-2H3,(H,19,20). The Hall–Kier alpha value is -2.07. The third-order valence-corrected chi connectivity index (χ3v) is 4.32. The van der Waals surface area contributed by atoms with Gasteiger partial charge in [0, 0.05) is 16.4 Å². The first-order valence-electron chi connectivity index (χ1n) is 6.78. The van der Waals surface area contributed by atoms with Crippen molar-refractivity contribution in [3.8, 4) is 5.69 Å². The molecule has 0 radical (unpaired) electrons. The highest BCUT2D eigenvalue weighted by Crippen LogP contribution is 2.28. The number of imidazole rings is 1. The van der Waals surface area contributed by atoms with Gasteiger partial charge >= 0.3 is 0 Å². The zero-order valence-electron chi connectivity index (χ0n) is 12.0. The monoisotopic (exact) mass is 341 g/mol. The van der Waals surface area contributed by atoms with Crippen molar-refractivity contribution in [2.75, 3.05) is 5.32 Å². The number of rotatable bonds is 3. The van der Waals surface area contributed by atoms with Crippen molar-refractivity contribution in [3.05, 3.63) is 70.5 Å². The third-order valence-electron chi connectivity index (χ3n) is 3.29. The maximum absolute atomic E-state index is 4.58. The van der Waals surface area contributed by atoms with Gasteiger partial charge in [-0.15, -0.1) is 0 Å². The molecule has 3 rings (SSSR count). The molecule has 3 nitrogen and oxygen atoms in total. The highest BCUT2D eigenvalue weighted by Gasteiger charge is 2.11. The summed E-state index contributed by atoms with van der Waals surface area (Å²) < 4.78 is 3.15. The van der Waals surface area contributed by atoms with Crippen LogP contribution in [-0.2, 0) is 0 Å². The molecule has 0 bridgehead atoms. The van der Waals surface area contributed by atoms with Gasteiger partial charge in [0.2, 0.25) is 5.95 Å². The smallest absolute Gasteiger partial charge is 0.212 e. The molecule has 1 heterocycles. The molecule has 0 aliphatic carbocycles. The first-order chi connectivity index (χ1) is 10.1. The number of para-hydroxylation sites is 1. The quantitative estimate of drug-likeness (QED) is 0.726. The maximum atomic E-state index is 4.58. The summed E-state index contributed by atoms with van der Waals surface area (Å²) in [5.74, 6) is 0.810. The van der Waals surface area contributed by atoms with E-state index in [1.165, 1.54) is 5.56 Å². The summed E-state index contributed by atoms with van der Waals surface area (Å²) in [5.41, 5.74) is 4.27. The summed E-state index contributed by atoms with van der Waals surface area (Å²) in [4.78, 5) is 4.58. The number of aromatic nitrogens is 2. The average Bonchev–Trinajstić information content (AvgIpc) is 2.83. The fourth-order valence-corrected chi connectivity index (χ4v) is 2.69. The van der Waals surface area contributed by atoms with Gasteiger partial charge in [-0.2, -0.15) is 0 Å². The summed E-state index contributed by atoms with van der Waals surface area (Å²) >= 11 is 3.67. The van der Waals surface area contributed by atoms with E-state index in [9.17, 15) is 0 Å². The summed E-state index contributed by atoms with van der Waals surface area (Å²) in [5, 5.41) is 3.37. The first kappa shape index (κ1) is 13.9. The van der Waals surface area contributed by atoms with Crippen LogP contribution in [0.3, 0.4) is 0 Å². The van der Waals surface area contributed by atoms with Gasteiger partial charge in [-0.05, 0) is 53.5 Å². The zero-order chi connectivity index (χ0) is 14.8. The van der Waals surface area contributed by atoms with Gasteiger partial charge < -0.3 is 5.32 Å². The van der Waals surface area contributed by atoms with Gasteiger partial charge in [0.25, 0.3) is 0 Å². The molecular formula is C17H16BrN3. The van der Waals surface area contributed by atoms with E-state index >= 15 is 0 Å². The maximum Gasteiger partial charge on any atom is 0.212 e. The molecule has 1 N–H and O–H groups in total. The Morgan fingerprint density at radius 3 is 2.52 bits per heavy atom. The lowest BCUT2D eigenvalue weighted by Gasteiger charge is -2.12. The number of benzene rings is 2. The van der Waals surface area contributed by atoms with Crippen LogP contribution in [0.25, 0.3) is 5.69 Å². The van der Waals surface area contributed by atoms with Crippen LogP contribution >= 0.6 is 15.9 Å². The van der Waals surface area contributed by atoms with Gasteiger partial charge in [-0.1, -0.05) is 30.3 Å². The van der Waals surface area contributed by atoms with Crippen molar-refractivity contribution in [1.29, 1.82) is 0 Å². The van der Waals surface area contributed by atoms with Crippen LogP contribution in [0.2, 0.25) is 0 Å². The van der Waals surface area contributed by atoms with Crippen LogP contribution in [0.15, 0.2) is 59.2 Å². The Bertz CT molecular complexity index is 763. The molecule has 21 heavy (non-hydrogen) atoms. The van der Waals surface area contributed by atoms with Crippen molar-refractivity contribution in [3.63, 3.8) is 0 Å². The summed E-state index contributed by atoms with van der Waals surface area (Å²) in [6.07, 6.45) is 2.03. The first-order valence-corrected chi connectivity index (χ1v) is 7.58. The molecule has 0 spiro atoms. The van der Waals surface area contributed by atoms with Crippen molar-refractivity contribution in [2.45, 2.75) is 13.8 Å². The molecule has 3 aromatic rings. The molecule has 0 atom stereocenters. The molecule has 0 fully saturated rings. The van der Waals surface area contributed by atoms with Gasteiger partial charge in [-0.25, -0.2) is 4.98 Å². The number of hydrogen-bond acceptors (Lipinski definition) is 2. The summed E-state index contributed by atoms with van der Waals surface area (Å²) in [7, 11) is 0. The zero-order valence-corrected chi connectivity index (χ0v) is 13.6. The Morgan fingerprint density at radius 1 is 1.00 bits per heavy atom. The van der Waals surface area contributed by atoms with Gasteiger partial charge in [0.1, 0.15) is 0 Å². The second-order valence-electron chi connectivity index (χ2n) is 4.97. The van der Waals surface area contributed by atoms with Crippen molar-refractivity contribution < 1.29 is 0 Å². The van der Waals surface area contributed by atoms with E-state index in [-0.39, 0.29) is 0 Å². The third kappa shape index (κ3) is 2.85. The normalized spacial score (nSPS) is 10.6. The van der Waals surface area contributed by atoms with Gasteiger partial charge in [0.05, 0.1) is 11.4 Å². The van der Waals surface area contributed by atoms with E-state index in [0.29, 0.717) is 0 Å². The van der Waals surface area contributed by atoms with Crippen molar-refractivity contribution in [2.24, 2.45) is 0 Å². The van der Waals surface area contributed by atoms with Gasteiger partial charge in [-0.3, -0.25) is 4.57 Å². The Balaban J connectivity index is 2.06. The van der Waals surface area contributed by atoms with Crippen LogP contribution in [0, 0.1) is 13.8 Å². The van der Waals surface area contributed by atoms with E-state index in [1.807, 2.05) is 43.5 Å². The van der Waals surface area contributed by atoms with Crippen molar-refractivity contribution in [1.82, 2.24) is 9.55 Å². The van der Waals surface area contributed by atoms with E-state index in [2.05, 4.69) is 55.9 Å². The summed E-state index contributed by atoms with van der Waals surface area (Å²) in [6.45, 7) is 4.08. The minimum Gasteiger partial charge on any atom is -0.325 e. The van der Waals surface area contributed by atoms with Crippen molar-refractivity contribution >= 4 is 27.6 Å². The van der Waals surface area contributed by atoms with Crippen LogP contribution in [0.4, 0.5) is 11.6 Å². The molecule has 0 aliphatic rings. The number of halogens is 1. The predicted molar refractivity (Wildman–Crippen MR) is 90.5 cm³/mol. The molecule has 2 aromatic carbocycles. The van der Waals surface area contributed by atoms with E-state index in [4.69, 9.17) is 0 Å². The highest BCUT2D eigenvalue weighted by atomic mass is 79.9. The van der Waals surface area contributed by atoms with E-state index < -0.39 is 0 Å². The minimum atomic E-state index is 0.810. The fourth-order valence-electron chi connectivity index (χ4n) is 2.24. The number of nitrogens with zero attached hydrogens (tertiary/aromatic N) is 2. The number of hydrogen-bond donors (Lipinski definition) is 1. The Morgan fingerprint density at radius 2 is 1.76 bits per heavy atom. The second-order valence-corrected chi connectivity index (χ2v) is 5.77. The van der Waals surface area contributed by atoms with E-state index in [1.54, 1.807) is 0 Å². The van der Waals surface area contributed by atoms with Crippen LogP contribution in [-0.4, -0.2) is 9.55 Å². The molecule has 106 valence electrons. The summed E-state index contributed by atoms with van der Waals surface area (Å²) in [6, 6.07) is 16.3. The largest absolute Gasteiger partial charge is 0.325 e.